The van der Waals surface area contributed by atoms with E-state index in [1.165, 1.54) is 14.0 Å². The van der Waals surface area contributed by atoms with Crippen molar-refractivity contribution in [2.45, 2.75) is 139 Å². The number of hydrogen-bond acceptors (Lipinski definition) is 21. The minimum Gasteiger partial charge on any atom is -0.716 e. The maximum atomic E-state index is 14.7. The van der Waals surface area contributed by atoms with Gasteiger partial charge in [0.05, 0.1) is 49.1 Å². The molecule has 0 bridgehead atoms. The number of carbonyl (C=O) groups is 8. The number of amides is 8. The van der Waals surface area contributed by atoms with Gasteiger partial charge in [-0.15, -0.1) is 0 Å². The molecule has 3 fully saturated rings. The van der Waals surface area contributed by atoms with Crippen LogP contribution in [0, 0.1) is 5.92 Å². The minimum absolute atomic E-state index is 0. The number of benzene rings is 1. The van der Waals surface area contributed by atoms with Crippen LogP contribution in [-0.2, 0) is 55.1 Å². The number of aromatic hydroxyl groups is 1. The molecular formula is C43H66N9NaO20S. The van der Waals surface area contributed by atoms with E-state index in [4.69, 9.17) is 10.5 Å². The molecule has 74 heavy (non-hydrogen) atoms. The van der Waals surface area contributed by atoms with Gasteiger partial charge < -0.3 is 96.2 Å². The number of ether oxygens (including phenoxy) is 1. The molecule has 13 atom stereocenters. The summed E-state index contributed by atoms with van der Waals surface area (Å²) in [6.45, 7) is 5.51. The number of fused-ring (bicyclic) bond motifs is 2. The van der Waals surface area contributed by atoms with Gasteiger partial charge in [-0.1, -0.05) is 13.0 Å². The summed E-state index contributed by atoms with van der Waals surface area (Å²) in [6.07, 6.45) is -14.3. The van der Waals surface area contributed by atoms with Crippen LogP contribution in [0.4, 0.5) is 4.79 Å². The van der Waals surface area contributed by atoms with Crippen LogP contribution in [0.5, 0.6) is 11.5 Å². The van der Waals surface area contributed by atoms with Gasteiger partial charge in [0, 0.05) is 58.5 Å². The van der Waals surface area contributed by atoms with Crippen LogP contribution in [0.3, 0.4) is 0 Å². The van der Waals surface area contributed by atoms with E-state index >= 15 is 0 Å². The number of likely N-dealkylation sites (N-methyl/N-ethyl adjacent to an activating group) is 1. The molecule has 1 aromatic carbocycles. The zero-order valence-electron chi connectivity index (χ0n) is 41.9. The third-order valence-electron chi connectivity index (χ3n) is 12.0. The first-order chi connectivity index (χ1) is 33.8. The molecule has 3 heterocycles. The van der Waals surface area contributed by atoms with E-state index in [2.05, 4.69) is 30.8 Å². The van der Waals surface area contributed by atoms with E-state index in [1.807, 2.05) is 0 Å². The molecule has 0 aromatic heterocycles. The molecule has 0 spiro atoms. The van der Waals surface area contributed by atoms with Crippen LogP contribution in [0.25, 0.3) is 0 Å². The fraction of sp³-hybridized carbons (Fsp3) is 0.674. The van der Waals surface area contributed by atoms with Crippen LogP contribution < -0.4 is 66.1 Å². The van der Waals surface area contributed by atoms with Crippen molar-refractivity contribution in [3.63, 3.8) is 0 Å². The Hall–Kier alpha value is -4.99. The summed E-state index contributed by atoms with van der Waals surface area (Å²) in [4.78, 5) is 113. The summed E-state index contributed by atoms with van der Waals surface area (Å²) in [5, 5.41) is 88.6. The molecule has 8 amide bonds. The fourth-order valence-electron chi connectivity index (χ4n) is 8.22. The number of hydrogen-bond donors (Lipinski definition) is 13. The third-order valence-corrected chi connectivity index (χ3v) is 12.4. The van der Waals surface area contributed by atoms with E-state index in [0.717, 1.165) is 39.8 Å². The second-order valence-electron chi connectivity index (χ2n) is 19.3. The van der Waals surface area contributed by atoms with Gasteiger partial charge in [-0.3, -0.25) is 33.6 Å². The molecule has 14 N–H and O–H groups in total. The molecule has 410 valence electrons. The molecule has 0 aliphatic carbocycles. The Balaban J connectivity index is 0.0000144. The third kappa shape index (κ3) is 17.5. The van der Waals surface area contributed by atoms with E-state index in [9.17, 15) is 87.1 Å². The molecule has 1 aromatic rings. The summed E-state index contributed by atoms with van der Waals surface area (Å²) >= 11 is 0. The Morgan fingerprint density at radius 3 is 2.11 bits per heavy atom. The van der Waals surface area contributed by atoms with Crippen LogP contribution in [0.15, 0.2) is 18.2 Å². The zero-order chi connectivity index (χ0) is 55.0. The quantitative estimate of drug-likeness (QED) is 0.0525. The van der Waals surface area contributed by atoms with Crippen LogP contribution >= 0.6 is 0 Å². The van der Waals surface area contributed by atoms with E-state index < -0.39 is 199 Å². The number of aliphatic hydroxyl groups excluding tert-OH is 6. The Morgan fingerprint density at radius 2 is 1.50 bits per heavy atom. The van der Waals surface area contributed by atoms with Gasteiger partial charge in [0.25, 0.3) is 10.4 Å². The number of aliphatic hydroxyl groups is 6. The topological polar surface area (TPSA) is 450 Å². The summed E-state index contributed by atoms with van der Waals surface area (Å²) in [5.74, 6) is -11.0. The molecule has 0 radical (unpaired) electrons. The molecule has 4 rings (SSSR count). The standard InChI is InChI=1S/C43H67N9O20S.Na/c1-19-17-52-34(35(19)60)39(64)46-16-22(54)13-24(44)36(61)47-31(20(2)53)40(65)51-18-23(55)14-25(51)37(62)48-32(27(57)11-21-7-8-26(56)29(12-21)72-73(68,69)70)38(63)49-33(41(52)66)28(58)15-30(59)45-9-10-50(6)42(67)71-43(3,4)5;/h7-8,12,19-20,22-25,27-28,31-35,53-58,60H,9-11,13-18,44H2,1-6H3,(H,45,59)(H,46,64)(H,47,61)(H,48,62)(H,49,63)(H,68,69,70);/q;+1/p-1/t19-,20+,22+,23+,24-,25-,27+,28+,31-,32-,33-,34-,35-;/m0./s1. The van der Waals surface area contributed by atoms with E-state index in [1.54, 1.807) is 20.8 Å². The Bertz CT molecular complexity index is 2330. The van der Waals surface area contributed by atoms with Gasteiger partial charge in [-0.25, -0.2) is 13.2 Å². The molecule has 0 unspecified atom stereocenters. The summed E-state index contributed by atoms with van der Waals surface area (Å²) in [6, 6.07) is -8.79. The van der Waals surface area contributed by atoms with Gasteiger partial charge in [0.2, 0.25) is 41.4 Å². The average molecular weight is 1080 g/mol. The van der Waals surface area contributed by atoms with Gasteiger partial charge in [0.1, 0.15) is 35.8 Å². The molecule has 29 nitrogen and oxygen atoms in total. The van der Waals surface area contributed by atoms with Crippen molar-refractivity contribution in [1.82, 2.24) is 41.3 Å². The van der Waals surface area contributed by atoms with Crippen molar-refractivity contribution in [1.29, 1.82) is 0 Å². The van der Waals surface area contributed by atoms with Gasteiger partial charge in [-0.05, 0) is 51.8 Å². The number of nitrogens with zero attached hydrogens (tertiary/aromatic N) is 3. The molecule has 31 heteroatoms. The van der Waals surface area contributed by atoms with Crippen LogP contribution in [0.2, 0.25) is 0 Å². The second kappa shape index (κ2) is 26.7. The average Bonchev–Trinajstić information content (AvgIpc) is 3.82. The number of rotatable bonds is 12. The second-order valence-corrected chi connectivity index (χ2v) is 20.3. The minimum atomic E-state index is -5.48. The normalized spacial score (nSPS) is 28.1. The molecule has 3 aliphatic rings. The van der Waals surface area contributed by atoms with Crippen molar-refractivity contribution in [2.24, 2.45) is 11.7 Å². The first kappa shape index (κ1) is 63.3. The van der Waals surface area contributed by atoms with E-state index in [0.29, 0.717) is 0 Å². The zero-order valence-corrected chi connectivity index (χ0v) is 44.7. The van der Waals surface area contributed by atoms with Gasteiger partial charge >= 0.3 is 35.7 Å². The number of β-amino-alcohol motifs (C(OH)–C–C–N with tert-alkyl or cyclic N) is 1. The Morgan fingerprint density at radius 1 is 0.892 bits per heavy atom. The van der Waals surface area contributed by atoms with E-state index in [-0.39, 0.29) is 48.2 Å². The van der Waals surface area contributed by atoms with Crippen LogP contribution in [0.1, 0.15) is 59.4 Å². The first-order valence-corrected chi connectivity index (χ1v) is 24.4. The largest absolute Gasteiger partial charge is 1.00 e. The van der Waals surface area contributed by atoms with Crippen molar-refractivity contribution in [3.05, 3.63) is 23.8 Å². The number of nitrogens with two attached hydrogens (primary N) is 1. The van der Waals surface area contributed by atoms with Crippen LogP contribution in [-0.4, -0.2) is 229 Å². The summed E-state index contributed by atoms with van der Waals surface area (Å²) < 4.78 is 43.7. The monoisotopic (exact) mass is 1080 g/mol. The number of carbonyl (C=O) groups excluding carboxylic acids is 8. The predicted octanol–water partition coefficient (Wildman–Crippen LogP) is -9.91. The number of phenols is 1. The summed E-state index contributed by atoms with van der Waals surface area (Å²) in [5.41, 5.74) is 5.03. The van der Waals surface area contributed by atoms with Gasteiger partial charge in [-0.2, -0.15) is 0 Å². The van der Waals surface area contributed by atoms with Crippen molar-refractivity contribution >= 4 is 57.8 Å². The molecule has 0 saturated carbocycles. The SMILES string of the molecule is C[C@@H](O)[C@@H]1NC(=O)[C@@H](N)C[C@@H](O)CNC(=O)[C@@H]2[C@@H](O)[C@@H](C)CN2C(=O)[C@H]([C@H](O)CC(=O)NCCN(C)C(=O)OC(C)(C)C)NC(=O)[C@H]([C@H](O)Cc2ccc(O)c(OS(=O)(=O)[O-])c2)NC(=O)[C@@H]2C[C@@H](O)CN2C1=O.[Na+]. The van der Waals surface area contributed by atoms with Crippen molar-refractivity contribution in [2.75, 3.05) is 39.8 Å². The molecular weight excluding hydrogens is 1020 g/mol. The summed E-state index contributed by atoms with van der Waals surface area (Å²) in [7, 11) is -4.09. The first-order valence-electron chi connectivity index (χ1n) is 23.1. The fourth-order valence-corrected chi connectivity index (χ4v) is 8.57. The Kier molecular flexibility index (Phi) is 22.8. The maximum Gasteiger partial charge on any atom is 1.00 e. The number of nitrogens with one attached hydrogen (secondary N) is 5. The molecule has 3 saturated heterocycles. The van der Waals surface area contributed by atoms with Gasteiger partial charge in [0.15, 0.2) is 11.5 Å². The predicted molar refractivity (Wildman–Crippen MR) is 247 cm³/mol. The van der Waals surface area contributed by atoms with Crippen molar-refractivity contribution < 1.29 is 126 Å². The van der Waals surface area contributed by atoms with Crippen molar-refractivity contribution in [3.8, 4) is 11.5 Å². The smallest absolute Gasteiger partial charge is 0.716 e. The number of phenolic OH excluding ortho intramolecular Hbond substituents is 1. The Labute approximate surface area is 448 Å². The maximum absolute atomic E-state index is 14.7. The molecule has 3 aliphatic heterocycles.